The molecule has 154 valence electrons. The highest BCUT2D eigenvalue weighted by Gasteiger charge is 2.37. The number of alkyl halides is 1. The van der Waals surface area contributed by atoms with Crippen molar-refractivity contribution < 1.29 is 19.0 Å². The molecule has 0 saturated heterocycles. The zero-order chi connectivity index (χ0) is 21.5. The number of hydrogen-bond acceptors (Lipinski definition) is 6. The van der Waals surface area contributed by atoms with Crippen LogP contribution in [0.25, 0.3) is 0 Å². The summed E-state index contributed by atoms with van der Waals surface area (Å²) in [5.41, 5.74) is 7.96. The van der Waals surface area contributed by atoms with Crippen LogP contribution in [0.2, 0.25) is 0 Å². The molecule has 0 amide bonds. The first kappa shape index (κ1) is 21.3. The van der Waals surface area contributed by atoms with E-state index in [0.717, 1.165) is 5.56 Å². The maximum atomic E-state index is 12.6. The molecule has 30 heavy (non-hydrogen) atoms. The lowest BCUT2D eigenvalue weighted by atomic mass is 9.83. The maximum Gasteiger partial charge on any atom is 0.338 e. The van der Waals surface area contributed by atoms with Gasteiger partial charge in [0.25, 0.3) is 0 Å². The Kier molecular flexibility index (Phi) is 6.99. The molecule has 0 aliphatic carbocycles. The summed E-state index contributed by atoms with van der Waals surface area (Å²) in [7, 11) is 0. The topological polar surface area (TPSA) is 94.6 Å². The minimum absolute atomic E-state index is 0.0735. The van der Waals surface area contributed by atoms with E-state index in [4.69, 9.17) is 31.5 Å². The zero-order valence-corrected chi connectivity index (χ0v) is 17.2. The number of halogens is 1. The van der Waals surface area contributed by atoms with Gasteiger partial charge in [-0.3, -0.25) is 0 Å². The second-order valence-electron chi connectivity index (χ2n) is 6.46. The molecule has 0 bridgehead atoms. The van der Waals surface area contributed by atoms with Gasteiger partial charge in [0.1, 0.15) is 29.8 Å². The molecule has 2 aromatic rings. The van der Waals surface area contributed by atoms with Crippen LogP contribution in [-0.2, 0) is 20.9 Å². The van der Waals surface area contributed by atoms with Crippen molar-refractivity contribution in [3.8, 4) is 11.8 Å². The van der Waals surface area contributed by atoms with Gasteiger partial charge in [-0.15, -0.1) is 11.6 Å². The molecule has 7 heteroatoms. The van der Waals surface area contributed by atoms with E-state index in [-0.39, 0.29) is 35.3 Å². The molecule has 6 nitrogen and oxygen atoms in total. The molecule has 2 N–H and O–H groups in total. The van der Waals surface area contributed by atoms with E-state index in [1.807, 2.05) is 36.4 Å². The fourth-order valence-corrected chi connectivity index (χ4v) is 3.38. The highest BCUT2D eigenvalue weighted by Crippen LogP contribution is 2.40. The predicted octanol–water partition coefficient (Wildman–Crippen LogP) is 4.13. The second kappa shape index (κ2) is 9.86. The van der Waals surface area contributed by atoms with Gasteiger partial charge in [-0.2, -0.15) is 5.26 Å². The van der Waals surface area contributed by atoms with Crippen molar-refractivity contribution in [1.82, 2.24) is 0 Å². The lowest BCUT2D eigenvalue weighted by Crippen LogP contribution is -2.26. The van der Waals surface area contributed by atoms with E-state index in [1.54, 1.807) is 31.2 Å². The number of allylic oxidation sites excluding steroid dienone is 2. The number of carbonyl (C=O) groups is 1. The Morgan fingerprint density at radius 3 is 2.50 bits per heavy atom. The van der Waals surface area contributed by atoms with Gasteiger partial charge in [0.15, 0.2) is 0 Å². The SMILES string of the molecule is CCOC(=O)C1=C(CCl)OC(N)=C(C#N)[C@H]1c1ccc(OCc2ccccc2)cc1. The van der Waals surface area contributed by atoms with E-state index in [9.17, 15) is 10.1 Å². The Bertz CT molecular complexity index is 1010. The second-order valence-corrected chi connectivity index (χ2v) is 6.73. The number of esters is 1. The molecule has 1 atom stereocenters. The van der Waals surface area contributed by atoms with Crippen molar-refractivity contribution in [1.29, 1.82) is 5.26 Å². The third-order valence-corrected chi connectivity index (χ3v) is 4.82. The van der Waals surface area contributed by atoms with Crippen molar-refractivity contribution >= 4 is 17.6 Å². The Labute approximate surface area is 180 Å². The first-order valence-corrected chi connectivity index (χ1v) is 9.92. The Hall–Kier alpha value is -3.43. The maximum absolute atomic E-state index is 12.6. The molecular weight excluding hydrogens is 404 g/mol. The van der Waals surface area contributed by atoms with Crippen LogP contribution in [0.3, 0.4) is 0 Å². The molecule has 0 aromatic heterocycles. The van der Waals surface area contributed by atoms with Crippen LogP contribution in [-0.4, -0.2) is 18.5 Å². The van der Waals surface area contributed by atoms with Gasteiger partial charge in [-0.25, -0.2) is 4.79 Å². The Balaban J connectivity index is 1.91. The van der Waals surface area contributed by atoms with E-state index >= 15 is 0 Å². The van der Waals surface area contributed by atoms with Crippen molar-refractivity contribution in [3.63, 3.8) is 0 Å². The number of carbonyl (C=O) groups excluding carboxylic acids is 1. The highest BCUT2D eigenvalue weighted by molar-refractivity contribution is 6.19. The lowest BCUT2D eigenvalue weighted by Gasteiger charge is -2.27. The van der Waals surface area contributed by atoms with Crippen molar-refractivity contribution in [2.75, 3.05) is 12.5 Å². The molecule has 0 unspecified atom stereocenters. The summed E-state index contributed by atoms with van der Waals surface area (Å²) in [5, 5.41) is 9.65. The number of benzene rings is 2. The molecule has 0 spiro atoms. The fourth-order valence-electron chi connectivity index (χ4n) is 3.18. The molecule has 0 saturated carbocycles. The van der Waals surface area contributed by atoms with Gasteiger partial charge in [-0.05, 0) is 30.2 Å². The van der Waals surface area contributed by atoms with Crippen LogP contribution in [0.4, 0.5) is 0 Å². The average molecular weight is 425 g/mol. The number of ether oxygens (including phenoxy) is 3. The third-order valence-electron chi connectivity index (χ3n) is 4.58. The van der Waals surface area contributed by atoms with Crippen LogP contribution in [0.1, 0.15) is 24.0 Å². The van der Waals surface area contributed by atoms with Crippen LogP contribution < -0.4 is 10.5 Å². The van der Waals surface area contributed by atoms with Crippen molar-refractivity contribution in [2.24, 2.45) is 5.73 Å². The average Bonchev–Trinajstić information content (AvgIpc) is 2.78. The highest BCUT2D eigenvalue weighted by atomic mass is 35.5. The normalized spacial score (nSPS) is 16.0. The van der Waals surface area contributed by atoms with Gasteiger partial charge in [0.2, 0.25) is 5.88 Å². The summed E-state index contributed by atoms with van der Waals surface area (Å²) in [6, 6.07) is 19.0. The number of nitriles is 1. The van der Waals surface area contributed by atoms with E-state index in [0.29, 0.717) is 17.9 Å². The van der Waals surface area contributed by atoms with Gasteiger partial charge >= 0.3 is 5.97 Å². The number of rotatable bonds is 7. The zero-order valence-electron chi connectivity index (χ0n) is 16.4. The first-order valence-electron chi connectivity index (χ1n) is 9.39. The monoisotopic (exact) mass is 424 g/mol. The van der Waals surface area contributed by atoms with Crippen LogP contribution >= 0.6 is 11.6 Å². The molecule has 1 aliphatic rings. The molecule has 3 rings (SSSR count). The number of nitrogens with two attached hydrogens (primary N) is 1. The smallest absolute Gasteiger partial charge is 0.338 e. The molecule has 1 heterocycles. The van der Waals surface area contributed by atoms with Crippen LogP contribution in [0, 0.1) is 11.3 Å². The van der Waals surface area contributed by atoms with E-state index in [2.05, 4.69) is 0 Å². The van der Waals surface area contributed by atoms with Gasteiger partial charge in [0, 0.05) is 0 Å². The summed E-state index contributed by atoms with van der Waals surface area (Å²) in [5.74, 6) is -0.647. The lowest BCUT2D eigenvalue weighted by molar-refractivity contribution is -0.139. The number of nitrogens with zero attached hydrogens (tertiary/aromatic N) is 1. The summed E-state index contributed by atoms with van der Waals surface area (Å²) in [6.07, 6.45) is 0. The van der Waals surface area contributed by atoms with Crippen LogP contribution in [0.15, 0.2) is 77.4 Å². The first-order chi connectivity index (χ1) is 14.6. The van der Waals surface area contributed by atoms with Crippen molar-refractivity contribution in [2.45, 2.75) is 19.4 Å². The largest absolute Gasteiger partial charge is 0.489 e. The predicted molar refractivity (Wildman–Crippen MR) is 112 cm³/mol. The molecule has 0 fully saturated rings. The standard InChI is InChI=1S/C23H21ClN2O4/c1-2-28-23(27)21-19(12-24)30-22(26)18(13-25)20(21)16-8-10-17(11-9-16)29-14-15-6-4-3-5-7-15/h3-11,20H,2,12,14,26H2,1H3/t20-/m1/s1. The minimum atomic E-state index is -0.736. The summed E-state index contributed by atoms with van der Waals surface area (Å²) >= 11 is 5.98. The minimum Gasteiger partial charge on any atom is -0.489 e. The van der Waals surface area contributed by atoms with Gasteiger partial charge in [0.05, 0.1) is 24.0 Å². The molecule has 1 aliphatic heterocycles. The summed E-state index contributed by atoms with van der Waals surface area (Å²) in [4.78, 5) is 12.6. The summed E-state index contributed by atoms with van der Waals surface area (Å²) in [6.45, 7) is 2.31. The molecule has 0 radical (unpaired) electrons. The number of hydrogen-bond donors (Lipinski definition) is 1. The molecule has 2 aromatic carbocycles. The van der Waals surface area contributed by atoms with Gasteiger partial charge < -0.3 is 19.9 Å². The third kappa shape index (κ3) is 4.58. The Morgan fingerprint density at radius 2 is 1.90 bits per heavy atom. The quantitative estimate of drug-likeness (QED) is 0.530. The Morgan fingerprint density at radius 1 is 1.20 bits per heavy atom. The fraction of sp³-hybridized carbons (Fsp3) is 0.217. The van der Waals surface area contributed by atoms with Gasteiger partial charge in [-0.1, -0.05) is 42.5 Å². The van der Waals surface area contributed by atoms with Crippen molar-refractivity contribution in [3.05, 3.63) is 88.5 Å². The summed E-state index contributed by atoms with van der Waals surface area (Å²) < 4.78 is 16.4. The van der Waals surface area contributed by atoms with E-state index < -0.39 is 11.9 Å². The van der Waals surface area contributed by atoms with Crippen LogP contribution in [0.5, 0.6) is 5.75 Å². The van der Waals surface area contributed by atoms with E-state index in [1.165, 1.54) is 0 Å². The molecular formula is C23H21ClN2O4.